The number of hydrogen-bond acceptors (Lipinski definition) is 5. The maximum absolute atomic E-state index is 5.51. The number of nitrogens with one attached hydrogen (secondary N) is 2. The molecule has 1 aromatic heterocycles. The van der Waals surface area contributed by atoms with E-state index in [1.165, 1.54) is 19.3 Å². The Bertz CT molecular complexity index is 401. The number of hydrazine groups is 1. The summed E-state index contributed by atoms with van der Waals surface area (Å²) in [7, 11) is 0. The third-order valence-corrected chi connectivity index (χ3v) is 3.59. The average Bonchev–Trinajstić information content (AvgIpc) is 2.31. The number of rotatable bonds is 6. The number of hydrogen-bond donors (Lipinski definition) is 3. The maximum Gasteiger partial charge on any atom is 0.148 e. The second-order valence-corrected chi connectivity index (χ2v) is 5.03. The van der Waals surface area contributed by atoms with Crippen molar-refractivity contribution >= 4 is 11.6 Å². The predicted molar refractivity (Wildman–Crippen MR) is 74.4 cm³/mol. The summed E-state index contributed by atoms with van der Waals surface area (Å²) in [6.07, 6.45) is 5.95. The van der Waals surface area contributed by atoms with Gasteiger partial charge in [-0.15, -0.1) is 0 Å². The van der Waals surface area contributed by atoms with Crippen molar-refractivity contribution in [2.75, 3.05) is 17.3 Å². The molecule has 18 heavy (non-hydrogen) atoms. The van der Waals surface area contributed by atoms with Gasteiger partial charge in [-0.25, -0.2) is 15.8 Å². The van der Waals surface area contributed by atoms with E-state index in [4.69, 9.17) is 5.84 Å². The normalized spacial score (nSPS) is 15.3. The van der Waals surface area contributed by atoms with Gasteiger partial charge in [-0.2, -0.15) is 0 Å². The monoisotopic (exact) mass is 249 g/mol. The van der Waals surface area contributed by atoms with Gasteiger partial charge in [0.05, 0.1) is 0 Å². The van der Waals surface area contributed by atoms with Crippen LogP contribution in [0.25, 0.3) is 0 Å². The van der Waals surface area contributed by atoms with Gasteiger partial charge >= 0.3 is 0 Å². The molecule has 1 aliphatic carbocycles. The molecular formula is C13H23N5. The Morgan fingerprint density at radius 3 is 2.56 bits per heavy atom. The van der Waals surface area contributed by atoms with E-state index in [1.807, 2.05) is 6.92 Å². The Hall–Kier alpha value is -1.36. The smallest absolute Gasteiger partial charge is 0.148 e. The third-order valence-electron chi connectivity index (χ3n) is 3.59. The van der Waals surface area contributed by atoms with Crippen LogP contribution >= 0.6 is 0 Å². The van der Waals surface area contributed by atoms with Crippen molar-refractivity contribution in [1.82, 2.24) is 9.97 Å². The Labute approximate surface area is 109 Å². The Morgan fingerprint density at radius 2 is 2.00 bits per heavy atom. The van der Waals surface area contributed by atoms with Gasteiger partial charge in [0.25, 0.3) is 0 Å². The molecule has 1 heterocycles. The summed E-state index contributed by atoms with van der Waals surface area (Å²) >= 11 is 0. The molecule has 5 heteroatoms. The first-order valence-corrected chi connectivity index (χ1v) is 6.82. The van der Waals surface area contributed by atoms with Crippen molar-refractivity contribution in [2.24, 2.45) is 11.8 Å². The van der Waals surface area contributed by atoms with Crippen molar-refractivity contribution in [1.29, 1.82) is 0 Å². The van der Waals surface area contributed by atoms with Gasteiger partial charge in [0.1, 0.15) is 17.5 Å². The van der Waals surface area contributed by atoms with Gasteiger partial charge in [-0.1, -0.05) is 13.3 Å². The van der Waals surface area contributed by atoms with Crippen LogP contribution in [0.4, 0.5) is 11.6 Å². The zero-order valence-corrected chi connectivity index (χ0v) is 11.3. The lowest BCUT2D eigenvalue weighted by molar-refractivity contribution is 0.333. The number of nitrogen functional groups attached to an aromatic ring is 1. The molecule has 1 aromatic rings. The molecule has 0 bridgehead atoms. The first-order valence-electron chi connectivity index (χ1n) is 6.82. The highest BCUT2D eigenvalue weighted by Gasteiger charge is 2.18. The highest BCUT2D eigenvalue weighted by atomic mass is 15.3. The number of anilines is 2. The van der Waals surface area contributed by atoms with E-state index in [2.05, 4.69) is 27.6 Å². The minimum Gasteiger partial charge on any atom is -0.369 e. The molecule has 1 saturated carbocycles. The van der Waals surface area contributed by atoms with Crippen LogP contribution in [0.1, 0.15) is 44.0 Å². The summed E-state index contributed by atoms with van der Waals surface area (Å²) in [5.41, 5.74) is 3.66. The number of nitrogens with two attached hydrogens (primary N) is 1. The van der Waals surface area contributed by atoms with Crippen LogP contribution in [0.5, 0.6) is 0 Å². The fraction of sp³-hybridized carbons (Fsp3) is 0.692. The van der Waals surface area contributed by atoms with Gasteiger partial charge in [-0.05, 0) is 32.1 Å². The number of aromatic nitrogens is 2. The Morgan fingerprint density at radius 1 is 1.28 bits per heavy atom. The largest absolute Gasteiger partial charge is 0.369 e. The van der Waals surface area contributed by atoms with Crippen molar-refractivity contribution in [3.05, 3.63) is 11.4 Å². The molecule has 0 aromatic carbocycles. The third kappa shape index (κ3) is 2.90. The molecule has 100 valence electrons. The highest BCUT2D eigenvalue weighted by molar-refractivity contribution is 5.56. The lowest BCUT2D eigenvalue weighted by atomic mass is 9.85. The van der Waals surface area contributed by atoms with Crippen LogP contribution < -0.4 is 16.6 Å². The topological polar surface area (TPSA) is 75.9 Å². The first-order chi connectivity index (χ1) is 8.74. The molecule has 0 unspecified atom stereocenters. The zero-order chi connectivity index (χ0) is 13.0. The minimum atomic E-state index is 0.726. The summed E-state index contributed by atoms with van der Waals surface area (Å²) < 4.78 is 0. The van der Waals surface area contributed by atoms with Crippen LogP contribution in [-0.2, 0) is 6.42 Å². The lowest BCUT2D eigenvalue weighted by Crippen LogP contribution is -2.22. The molecule has 1 fully saturated rings. The molecule has 2 rings (SSSR count). The van der Waals surface area contributed by atoms with Gasteiger partial charge in [-0.3, -0.25) is 0 Å². The van der Waals surface area contributed by atoms with Gasteiger partial charge in [0, 0.05) is 18.5 Å². The zero-order valence-electron chi connectivity index (χ0n) is 11.3. The summed E-state index contributed by atoms with van der Waals surface area (Å²) in [6.45, 7) is 5.13. The van der Waals surface area contributed by atoms with E-state index < -0.39 is 0 Å². The minimum absolute atomic E-state index is 0.726. The van der Waals surface area contributed by atoms with E-state index in [9.17, 15) is 0 Å². The standard InChI is InChI=1S/C13H23N5/c1-3-5-11-16-12(9(2)13(17-11)18-14)15-8-10-6-4-7-10/h10H,3-8,14H2,1-2H3,(H2,15,16,17,18). The summed E-state index contributed by atoms with van der Waals surface area (Å²) in [5, 5.41) is 3.44. The predicted octanol–water partition coefficient (Wildman–Crippen LogP) is 2.24. The second kappa shape index (κ2) is 6.00. The SMILES string of the molecule is CCCc1nc(NN)c(C)c(NCC2CCC2)n1. The molecule has 1 aliphatic rings. The second-order valence-electron chi connectivity index (χ2n) is 5.03. The first kappa shape index (κ1) is 13.1. The molecule has 4 N–H and O–H groups in total. The van der Waals surface area contributed by atoms with Crippen LogP contribution in [0.15, 0.2) is 0 Å². The quantitative estimate of drug-likeness (QED) is 0.532. The Balaban J connectivity index is 2.11. The van der Waals surface area contributed by atoms with Crippen LogP contribution in [-0.4, -0.2) is 16.5 Å². The summed E-state index contributed by atoms with van der Waals surface area (Å²) in [6, 6.07) is 0. The van der Waals surface area contributed by atoms with Crippen molar-refractivity contribution in [2.45, 2.75) is 46.0 Å². The fourth-order valence-electron chi connectivity index (χ4n) is 2.15. The van der Waals surface area contributed by atoms with Crippen LogP contribution in [0, 0.1) is 12.8 Å². The molecule has 0 aliphatic heterocycles. The van der Waals surface area contributed by atoms with Crippen molar-refractivity contribution in [3.63, 3.8) is 0 Å². The number of aryl methyl sites for hydroxylation is 1. The van der Waals surface area contributed by atoms with Gasteiger partial charge in [0.2, 0.25) is 0 Å². The number of nitrogens with zero attached hydrogens (tertiary/aromatic N) is 2. The molecule has 0 atom stereocenters. The van der Waals surface area contributed by atoms with Crippen LogP contribution in [0.2, 0.25) is 0 Å². The van der Waals surface area contributed by atoms with Gasteiger partial charge in [0.15, 0.2) is 0 Å². The lowest BCUT2D eigenvalue weighted by Gasteiger charge is -2.26. The molecule has 0 spiro atoms. The molecule has 0 amide bonds. The van der Waals surface area contributed by atoms with Crippen molar-refractivity contribution in [3.8, 4) is 0 Å². The molecule has 0 saturated heterocycles. The van der Waals surface area contributed by atoms with E-state index >= 15 is 0 Å². The van der Waals surface area contributed by atoms with E-state index in [1.54, 1.807) is 0 Å². The molecular weight excluding hydrogens is 226 g/mol. The average molecular weight is 249 g/mol. The van der Waals surface area contributed by atoms with E-state index in [0.29, 0.717) is 0 Å². The summed E-state index contributed by atoms with van der Waals surface area (Å²) in [4.78, 5) is 9.00. The summed E-state index contributed by atoms with van der Waals surface area (Å²) in [5.74, 6) is 8.82. The highest BCUT2D eigenvalue weighted by Crippen LogP contribution is 2.27. The van der Waals surface area contributed by atoms with Gasteiger partial charge < -0.3 is 10.7 Å². The maximum atomic E-state index is 5.51. The Kier molecular flexibility index (Phi) is 4.36. The molecule has 0 radical (unpaired) electrons. The van der Waals surface area contributed by atoms with E-state index in [-0.39, 0.29) is 0 Å². The van der Waals surface area contributed by atoms with E-state index in [0.717, 1.165) is 48.3 Å². The van der Waals surface area contributed by atoms with Crippen molar-refractivity contribution < 1.29 is 0 Å². The fourth-order valence-corrected chi connectivity index (χ4v) is 2.15. The van der Waals surface area contributed by atoms with Crippen LogP contribution in [0.3, 0.4) is 0 Å². The molecule has 5 nitrogen and oxygen atoms in total.